The van der Waals surface area contributed by atoms with Crippen LogP contribution >= 0.6 is 27.5 Å². The molecule has 0 aliphatic carbocycles. The lowest BCUT2D eigenvalue weighted by Crippen LogP contribution is -2.37. The highest BCUT2D eigenvalue weighted by atomic mass is 79.9. The first-order valence-corrected chi connectivity index (χ1v) is 7.78. The van der Waals surface area contributed by atoms with Gasteiger partial charge in [-0.2, -0.15) is 0 Å². The molecule has 100 valence electrons. The van der Waals surface area contributed by atoms with Gasteiger partial charge in [0.25, 0.3) is 0 Å². The minimum atomic E-state index is 0.441. The molecule has 1 fully saturated rings. The normalized spacial score (nSPS) is 17.2. The number of alkyl halides is 1. The van der Waals surface area contributed by atoms with Crippen molar-refractivity contribution in [1.82, 2.24) is 0 Å². The van der Waals surface area contributed by atoms with E-state index in [1.807, 2.05) is 0 Å². The maximum atomic E-state index is 5.86. The van der Waals surface area contributed by atoms with Crippen LogP contribution in [0.25, 0.3) is 0 Å². The Balaban J connectivity index is 1.99. The Morgan fingerprint density at radius 2 is 2.11 bits per heavy atom. The molecule has 0 unspecified atom stereocenters. The molecule has 0 N–H and O–H groups in total. The van der Waals surface area contributed by atoms with Crippen molar-refractivity contribution in [3.8, 4) is 0 Å². The number of benzene rings is 1. The number of hydrogen-bond donors (Lipinski definition) is 0. The number of ether oxygens (including phenoxy) is 1. The van der Waals surface area contributed by atoms with Gasteiger partial charge in [0.05, 0.1) is 6.10 Å². The second-order valence-corrected chi connectivity index (χ2v) is 5.67. The van der Waals surface area contributed by atoms with Crippen molar-refractivity contribution in [3.63, 3.8) is 0 Å². The lowest BCUT2D eigenvalue weighted by atomic mass is 10.1. The molecule has 1 aromatic carbocycles. The van der Waals surface area contributed by atoms with Crippen LogP contribution in [0.3, 0.4) is 0 Å². The van der Waals surface area contributed by atoms with E-state index in [0.717, 1.165) is 42.6 Å². The summed E-state index contributed by atoms with van der Waals surface area (Å²) in [6, 6.07) is 6.42. The number of piperidine rings is 1. The highest BCUT2D eigenvalue weighted by Crippen LogP contribution is 2.27. The third kappa shape index (κ3) is 3.40. The summed E-state index contributed by atoms with van der Waals surface area (Å²) in [5, 5.41) is 0. The van der Waals surface area contributed by atoms with E-state index in [4.69, 9.17) is 16.3 Å². The third-order valence-electron chi connectivity index (χ3n) is 3.39. The summed E-state index contributed by atoms with van der Waals surface area (Å²) in [6.45, 7) is 5.02. The molecule has 0 radical (unpaired) electrons. The molecule has 18 heavy (non-hydrogen) atoms. The monoisotopic (exact) mass is 331 g/mol. The van der Waals surface area contributed by atoms with E-state index in [2.05, 4.69) is 46.0 Å². The summed E-state index contributed by atoms with van der Waals surface area (Å²) in [7, 11) is 0. The predicted octanol–water partition coefficient (Wildman–Crippen LogP) is 4.19. The lowest BCUT2D eigenvalue weighted by Gasteiger charge is -2.33. The number of nitrogens with zero attached hydrogens (tertiary/aromatic N) is 1. The van der Waals surface area contributed by atoms with E-state index in [1.165, 1.54) is 5.69 Å². The van der Waals surface area contributed by atoms with Crippen LogP contribution in [0.5, 0.6) is 0 Å². The topological polar surface area (TPSA) is 12.5 Å². The van der Waals surface area contributed by atoms with Gasteiger partial charge >= 0.3 is 0 Å². The van der Waals surface area contributed by atoms with E-state index >= 15 is 0 Å². The molecule has 4 heteroatoms. The minimum absolute atomic E-state index is 0.441. The highest BCUT2D eigenvalue weighted by Gasteiger charge is 2.19. The van der Waals surface area contributed by atoms with Gasteiger partial charge in [0.1, 0.15) is 0 Å². The SMILES string of the molecule is CCOC1CCN(c2ccc(CCl)c(Br)c2)CC1. The van der Waals surface area contributed by atoms with Gasteiger partial charge in [-0.05, 0) is 37.5 Å². The predicted molar refractivity (Wildman–Crippen MR) is 80.6 cm³/mol. The molecule has 0 atom stereocenters. The molecule has 1 aliphatic rings. The summed E-state index contributed by atoms with van der Waals surface area (Å²) in [4.78, 5) is 2.41. The highest BCUT2D eigenvalue weighted by molar-refractivity contribution is 9.10. The molecule has 1 aromatic rings. The number of anilines is 1. The van der Waals surface area contributed by atoms with Gasteiger partial charge < -0.3 is 9.64 Å². The Morgan fingerprint density at radius 1 is 1.39 bits per heavy atom. The molecule has 0 saturated carbocycles. The number of halogens is 2. The van der Waals surface area contributed by atoms with Gasteiger partial charge in [-0.25, -0.2) is 0 Å². The zero-order valence-corrected chi connectivity index (χ0v) is 13.0. The van der Waals surface area contributed by atoms with E-state index in [-0.39, 0.29) is 0 Å². The maximum absolute atomic E-state index is 5.86. The first-order chi connectivity index (χ1) is 8.74. The van der Waals surface area contributed by atoms with Crippen LogP contribution in [-0.4, -0.2) is 25.8 Å². The molecule has 2 nitrogen and oxygen atoms in total. The van der Waals surface area contributed by atoms with Gasteiger partial charge in [0.15, 0.2) is 0 Å². The van der Waals surface area contributed by atoms with Gasteiger partial charge in [0.2, 0.25) is 0 Å². The first-order valence-electron chi connectivity index (χ1n) is 6.45. The van der Waals surface area contributed by atoms with E-state index < -0.39 is 0 Å². The molecule has 2 rings (SSSR count). The lowest BCUT2D eigenvalue weighted by molar-refractivity contribution is 0.0459. The van der Waals surface area contributed by atoms with Crippen LogP contribution in [0, 0.1) is 0 Å². The Hall–Kier alpha value is -0.250. The average Bonchev–Trinajstić information content (AvgIpc) is 2.40. The van der Waals surface area contributed by atoms with Gasteiger partial charge in [-0.1, -0.05) is 22.0 Å². The van der Waals surface area contributed by atoms with Crippen molar-refractivity contribution in [2.24, 2.45) is 0 Å². The molecule has 0 bridgehead atoms. The Kier molecular flexibility index (Phi) is 5.34. The van der Waals surface area contributed by atoms with Crippen LogP contribution in [-0.2, 0) is 10.6 Å². The Bertz CT molecular complexity index is 391. The summed E-state index contributed by atoms with van der Waals surface area (Å²) < 4.78 is 6.77. The fraction of sp³-hybridized carbons (Fsp3) is 0.571. The Morgan fingerprint density at radius 3 is 2.67 bits per heavy atom. The standard InChI is InChI=1S/C14H19BrClNO/c1-2-18-13-5-7-17(8-6-13)12-4-3-11(10-16)14(15)9-12/h3-4,9,13H,2,5-8,10H2,1H3. The fourth-order valence-electron chi connectivity index (χ4n) is 2.36. The van der Waals surface area contributed by atoms with Crippen LogP contribution in [0.15, 0.2) is 22.7 Å². The smallest absolute Gasteiger partial charge is 0.0608 e. The fourth-order valence-corrected chi connectivity index (χ4v) is 3.26. The first kappa shape index (κ1) is 14.2. The van der Waals surface area contributed by atoms with Crippen molar-refractivity contribution in [1.29, 1.82) is 0 Å². The van der Waals surface area contributed by atoms with E-state index in [1.54, 1.807) is 0 Å². The number of rotatable bonds is 4. The average molecular weight is 333 g/mol. The maximum Gasteiger partial charge on any atom is 0.0608 e. The van der Waals surface area contributed by atoms with Gasteiger partial charge in [0, 0.05) is 35.7 Å². The molecule has 0 aromatic heterocycles. The molecular formula is C14H19BrClNO. The largest absolute Gasteiger partial charge is 0.378 e. The van der Waals surface area contributed by atoms with Crippen LogP contribution in [0.4, 0.5) is 5.69 Å². The second kappa shape index (κ2) is 6.78. The van der Waals surface area contributed by atoms with Crippen LogP contribution in [0.2, 0.25) is 0 Å². The molecule has 0 amide bonds. The van der Waals surface area contributed by atoms with Crippen molar-refractivity contribution in [3.05, 3.63) is 28.2 Å². The Labute approximate surface area is 122 Å². The third-order valence-corrected chi connectivity index (χ3v) is 4.42. The second-order valence-electron chi connectivity index (χ2n) is 4.55. The molecule has 1 heterocycles. The zero-order valence-electron chi connectivity index (χ0n) is 10.7. The molecule has 1 aliphatic heterocycles. The van der Waals surface area contributed by atoms with Crippen LogP contribution < -0.4 is 4.90 Å². The summed E-state index contributed by atoms with van der Waals surface area (Å²) in [5.74, 6) is 0.549. The van der Waals surface area contributed by atoms with Crippen molar-refractivity contribution >= 4 is 33.2 Å². The minimum Gasteiger partial charge on any atom is -0.378 e. The van der Waals surface area contributed by atoms with E-state index in [9.17, 15) is 0 Å². The van der Waals surface area contributed by atoms with Crippen LogP contribution in [0.1, 0.15) is 25.3 Å². The summed E-state index contributed by atoms with van der Waals surface area (Å²) in [5.41, 5.74) is 2.41. The van der Waals surface area contributed by atoms with Crippen molar-refractivity contribution in [2.45, 2.75) is 31.7 Å². The van der Waals surface area contributed by atoms with Gasteiger partial charge in [-0.15, -0.1) is 11.6 Å². The van der Waals surface area contributed by atoms with Crippen molar-refractivity contribution in [2.75, 3.05) is 24.6 Å². The summed E-state index contributed by atoms with van der Waals surface area (Å²) in [6.07, 6.45) is 2.67. The van der Waals surface area contributed by atoms with Crippen molar-refractivity contribution < 1.29 is 4.74 Å². The van der Waals surface area contributed by atoms with Gasteiger partial charge in [-0.3, -0.25) is 0 Å². The number of hydrogen-bond acceptors (Lipinski definition) is 2. The summed E-state index contributed by atoms with van der Waals surface area (Å²) >= 11 is 9.44. The van der Waals surface area contributed by atoms with E-state index in [0.29, 0.717) is 12.0 Å². The molecule has 1 saturated heterocycles. The quantitative estimate of drug-likeness (QED) is 0.766. The molecule has 0 spiro atoms. The molecular weight excluding hydrogens is 314 g/mol. The zero-order chi connectivity index (χ0) is 13.0.